The molecule has 0 aliphatic heterocycles. The highest BCUT2D eigenvalue weighted by Crippen LogP contribution is 2.53. The molecule has 0 spiro atoms. The second-order valence-electron chi connectivity index (χ2n) is 12.8. The maximum absolute atomic E-state index is 12.2. The Hall–Kier alpha value is -3.29. The Labute approximate surface area is 285 Å². The Morgan fingerprint density at radius 3 is 2.50 bits per heavy atom. The predicted octanol–water partition coefficient (Wildman–Crippen LogP) is 3.52. The van der Waals surface area contributed by atoms with Crippen molar-refractivity contribution in [1.82, 2.24) is 15.6 Å². The molecule has 0 saturated heterocycles. The summed E-state index contributed by atoms with van der Waals surface area (Å²) in [7, 11) is 0. The molecule has 12 heteroatoms. The van der Waals surface area contributed by atoms with Crippen molar-refractivity contribution in [2.24, 2.45) is 0 Å². The molecular formula is C36H46ClN3O8. The van der Waals surface area contributed by atoms with Crippen LogP contribution in [0.1, 0.15) is 60.8 Å². The highest BCUT2D eigenvalue weighted by molar-refractivity contribution is 6.31. The van der Waals surface area contributed by atoms with Crippen LogP contribution in [0, 0.1) is 6.92 Å². The van der Waals surface area contributed by atoms with Crippen LogP contribution in [0.3, 0.4) is 0 Å². The molecule has 7 N–H and O–H groups in total. The Bertz CT molecular complexity index is 1530. The number of urea groups is 1. The van der Waals surface area contributed by atoms with Crippen molar-refractivity contribution in [3.63, 3.8) is 0 Å². The van der Waals surface area contributed by atoms with Crippen LogP contribution in [0.15, 0.2) is 54.9 Å². The lowest BCUT2D eigenvalue weighted by molar-refractivity contribution is -0.0902. The number of pyridine rings is 1. The van der Waals surface area contributed by atoms with Crippen LogP contribution >= 0.6 is 11.6 Å². The average molecular weight is 684 g/mol. The molecule has 2 aliphatic carbocycles. The van der Waals surface area contributed by atoms with Gasteiger partial charge in [0.05, 0.1) is 37.6 Å². The van der Waals surface area contributed by atoms with Crippen LogP contribution < -0.4 is 15.4 Å². The topological polar surface area (TPSA) is 174 Å². The maximum atomic E-state index is 12.2. The van der Waals surface area contributed by atoms with Crippen molar-refractivity contribution in [3.05, 3.63) is 82.1 Å². The number of carbonyl (C=O) groups is 1. The Morgan fingerprint density at radius 2 is 1.79 bits per heavy atom. The van der Waals surface area contributed by atoms with Gasteiger partial charge in [-0.2, -0.15) is 0 Å². The summed E-state index contributed by atoms with van der Waals surface area (Å²) < 4.78 is 12.8. The van der Waals surface area contributed by atoms with Gasteiger partial charge in [-0.1, -0.05) is 35.9 Å². The van der Waals surface area contributed by atoms with Gasteiger partial charge in [0.1, 0.15) is 24.1 Å². The first-order valence-corrected chi connectivity index (χ1v) is 17.0. The zero-order valence-electron chi connectivity index (χ0n) is 27.1. The number of nitrogens with one attached hydrogen (secondary N) is 2. The van der Waals surface area contributed by atoms with Crippen molar-refractivity contribution in [1.29, 1.82) is 0 Å². The maximum Gasteiger partial charge on any atom is 0.315 e. The number of para-hydroxylation sites is 1. The van der Waals surface area contributed by atoms with Crippen LogP contribution in [0.2, 0.25) is 5.02 Å². The van der Waals surface area contributed by atoms with Crippen LogP contribution in [0.25, 0.3) is 11.1 Å². The fraction of sp³-hybridized carbons (Fsp3) is 0.500. The van der Waals surface area contributed by atoms with Crippen LogP contribution in [-0.2, 0) is 23.4 Å². The number of aromatic nitrogens is 1. The molecule has 11 nitrogen and oxygen atoms in total. The van der Waals surface area contributed by atoms with E-state index in [2.05, 4.69) is 27.8 Å². The molecule has 1 heterocycles. The summed E-state index contributed by atoms with van der Waals surface area (Å²) in [4.78, 5) is 16.7. The Kier molecular flexibility index (Phi) is 12.3. The van der Waals surface area contributed by atoms with Gasteiger partial charge < -0.3 is 45.6 Å². The lowest BCUT2D eigenvalue weighted by atomic mass is 9.96. The molecular weight excluding hydrogens is 638 g/mol. The summed E-state index contributed by atoms with van der Waals surface area (Å²) in [5.41, 5.74) is 5.88. The molecule has 5 rings (SSSR count). The Balaban J connectivity index is 1.12. The summed E-state index contributed by atoms with van der Waals surface area (Å²) in [6.07, 6.45) is 5.19. The van der Waals surface area contributed by atoms with Crippen molar-refractivity contribution in [2.45, 2.75) is 94.5 Å². The van der Waals surface area contributed by atoms with Crippen LogP contribution in [0.4, 0.5) is 4.79 Å². The fourth-order valence-electron chi connectivity index (χ4n) is 5.81. The van der Waals surface area contributed by atoms with Gasteiger partial charge in [0, 0.05) is 35.1 Å². The minimum absolute atomic E-state index is 0.294. The van der Waals surface area contributed by atoms with E-state index in [-0.39, 0.29) is 0 Å². The van der Waals surface area contributed by atoms with Gasteiger partial charge in [-0.25, -0.2) is 4.79 Å². The van der Waals surface area contributed by atoms with Gasteiger partial charge in [0.15, 0.2) is 0 Å². The molecule has 2 amide bonds. The third-order valence-electron chi connectivity index (χ3n) is 9.04. The van der Waals surface area contributed by atoms with E-state index in [4.69, 9.17) is 26.2 Å². The number of hydrogen-bond donors (Lipinski definition) is 7. The highest BCUT2D eigenvalue weighted by Gasteiger charge is 2.48. The first kappa shape index (κ1) is 36.0. The van der Waals surface area contributed by atoms with Crippen molar-refractivity contribution >= 4 is 17.6 Å². The third kappa shape index (κ3) is 9.03. The molecule has 0 radical (unpaired) electrons. The molecule has 48 heavy (non-hydrogen) atoms. The van der Waals surface area contributed by atoms with E-state index >= 15 is 0 Å². The number of ether oxygens (including phenoxy) is 2. The number of aryl methyl sites for hydroxylation is 2. The second-order valence-corrected chi connectivity index (χ2v) is 13.2. The summed E-state index contributed by atoms with van der Waals surface area (Å²) in [6, 6.07) is 12.4. The molecule has 4 atom stereocenters. The zero-order chi connectivity index (χ0) is 34.3. The van der Waals surface area contributed by atoms with Crippen LogP contribution in [0.5, 0.6) is 5.75 Å². The SMILES string of the molecule is Cc1cc(COC2(c3cnccc3-c3ccccc3OC3CC3)CC2)c(Cl)cc1CCCCNC(=O)N[C@@H](CO)[C@@H](O)[C@H](O)[C@H](O)CO. The van der Waals surface area contributed by atoms with E-state index in [0.29, 0.717) is 30.7 Å². The van der Waals surface area contributed by atoms with E-state index in [0.717, 1.165) is 77.7 Å². The minimum atomic E-state index is -1.73. The number of hydrogen-bond acceptors (Lipinski definition) is 9. The van der Waals surface area contributed by atoms with Gasteiger partial charge in [-0.15, -0.1) is 0 Å². The second kappa shape index (κ2) is 16.4. The van der Waals surface area contributed by atoms with Gasteiger partial charge >= 0.3 is 6.03 Å². The van der Waals surface area contributed by atoms with E-state index < -0.39 is 49.2 Å². The first-order valence-electron chi connectivity index (χ1n) is 16.6. The van der Waals surface area contributed by atoms with Crippen LogP contribution in [-0.4, -0.2) is 86.8 Å². The summed E-state index contributed by atoms with van der Waals surface area (Å²) in [5, 5.41) is 53.6. The fourth-order valence-corrected chi connectivity index (χ4v) is 6.05. The number of nitrogens with zero attached hydrogens (tertiary/aromatic N) is 1. The zero-order valence-corrected chi connectivity index (χ0v) is 27.9. The van der Waals surface area contributed by atoms with E-state index in [1.54, 1.807) is 0 Å². The highest BCUT2D eigenvalue weighted by atomic mass is 35.5. The monoisotopic (exact) mass is 683 g/mol. The molecule has 2 aliphatic rings. The molecule has 0 bridgehead atoms. The van der Waals surface area contributed by atoms with Crippen molar-refractivity contribution < 1.29 is 39.8 Å². The number of aliphatic hydroxyl groups excluding tert-OH is 5. The largest absolute Gasteiger partial charge is 0.490 e. The molecule has 1 aromatic heterocycles. The summed E-state index contributed by atoms with van der Waals surface area (Å²) in [6.45, 7) is 1.32. The number of carbonyl (C=O) groups excluding carboxylic acids is 1. The predicted molar refractivity (Wildman–Crippen MR) is 181 cm³/mol. The van der Waals surface area contributed by atoms with E-state index in [9.17, 15) is 25.2 Å². The van der Waals surface area contributed by atoms with Gasteiger partial charge in [-0.3, -0.25) is 4.98 Å². The number of unbranched alkanes of at least 4 members (excludes halogenated alkanes) is 1. The summed E-state index contributed by atoms with van der Waals surface area (Å²) >= 11 is 6.76. The number of aliphatic hydroxyl groups is 5. The number of benzene rings is 2. The smallest absolute Gasteiger partial charge is 0.315 e. The van der Waals surface area contributed by atoms with Crippen molar-refractivity contribution in [2.75, 3.05) is 19.8 Å². The van der Waals surface area contributed by atoms with Gasteiger partial charge in [0.25, 0.3) is 0 Å². The summed E-state index contributed by atoms with van der Waals surface area (Å²) in [5.74, 6) is 0.888. The van der Waals surface area contributed by atoms with E-state index in [1.807, 2.05) is 49.6 Å². The quantitative estimate of drug-likeness (QED) is 0.0991. The first-order chi connectivity index (χ1) is 23.2. The lowest BCUT2D eigenvalue weighted by Crippen LogP contribution is -2.56. The molecule has 0 unspecified atom stereocenters. The normalized spacial score (nSPS) is 17.6. The third-order valence-corrected chi connectivity index (χ3v) is 9.39. The number of rotatable bonds is 18. The molecule has 3 aromatic rings. The average Bonchev–Trinajstić information content (AvgIpc) is 4.04. The standard InChI is InChI=1S/C36H46ClN3O8/c1-22-16-24(29(37)17-23(22)6-4-5-14-39-35(46)40-30(19-41)33(44)34(45)31(43)20-42)21-47-36(12-13-36)28-18-38-15-11-26(28)27-7-2-3-8-32(27)48-25-9-10-25/h2-3,7-8,11,15-18,25,30-31,33-34,41-45H,4-6,9-10,12-14,19-21H2,1H3,(H2,39,40,46)/t30-,31+,33+,34+/m0/s1. The number of amides is 2. The number of halogens is 1. The minimum Gasteiger partial charge on any atom is -0.490 e. The van der Waals surface area contributed by atoms with Crippen molar-refractivity contribution in [3.8, 4) is 16.9 Å². The van der Waals surface area contributed by atoms with E-state index in [1.165, 1.54) is 0 Å². The lowest BCUT2D eigenvalue weighted by Gasteiger charge is -2.28. The Morgan fingerprint density at radius 1 is 1.02 bits per heavy atom. The molecule has 2 fully saturated rings. The molecule has 2 saturated carbocycles. The molecule has 2 aromatic carbocycles. The molecule has 260 valence electrons. The van der Waals surface area contributed by atoms with Gasteiger partial charge in [0.2, 0.25) is 0 Å². The van der Waals surface area contributed by atoms with Gasteiger partial charge in [-0.05, 0) is 92.3 Å².